The number of thiocarbonyl (C=S) groups is 1. The van der Waals surface area contributed by atoms with Crippen LogP contribution in [0.4, 0.5) is 0 Å². The highest BCUT2D eigenvalue weighted by Gasteiger charge is 2.31. The zero-order chi connectivity index (χ0) is 25.2. The molecule has 1 heterocycles. The lowest BCUT2D eigenvalue weighted by Crippen LogP contribution is -2.30. The molecule has 1 aliphatic heterocycles. The summed E-state index contributed by atoms with van der Waals surface area (Å²) in [4.78, 5) is 41.1. The molecule has 0 aromatic heterocycles. The molecule has 0 N–H and O–H groups in total. The number of thioether (sulfide) groups is 1. The van der Waals surface area contributed by atoms with Crippen molar-refractivity contribution < 1.29 is 19.1 Å². The lowest BCUT2D eigenvalue weighted by Gasteiger charge is -2.21. The Morgan fingerprint density at radius 1 is 1.06 bits per heavy atom. The molecule has 8 heteroatoms. The van der Waals surface area contributed by atoms with Gasteiger partial charge >= 0.3 is 5.97 Å². The summed E-state index contributed by atoms with van der Waals surface area (Å²) in [5, 5.41) is 0. The molecule has 1 aliphatic rings. The van der Waals surface area contributed by atoms with Crippen molar-refractivity contribution in [2.45, 2.75) is 39.2 Å². The number of nitrogens with zero attached hydrogens (tertiary/aromatic N) is 2. The number of rotatable bonds is 11. The van der Waals surface area contributed by atoms with Gasteiger partial charge in [-0.25, -0.2) is 4.79 Å². The van der Waals surface area contributed by atoms with E-state index in [-0.39, 0.29) is 11.8 Å². The first-order valence-electron chi connectivity index (χ1n) is 11.7. The maximum atomic E-state index is 12.8. The number of hydrogen-bond acceptors (Lipinski definition) is 6. The Balaban J connectivity index is 1.44. The zero-order valence-electron chi connectivity index (χ0n) is 20.1. The Morgan fingerprint density at radius 2 is 1.77 bits per heavy atom. The molecule has 2 amide bonds. The van der Waals surface area contributed by atoms with Crippen LogP contribution < -0.4 is 0 Å². The zero-order valence-corrected chi connectivity index (χ0v) is 21.7. The summed E-state index contributed by atoms with van der Waals surface area (Å²) in [6, 6.07) is 16.9. The molecule has 184 valence electrons. The van der Waals surface area contributed by atoms with Crippen LogP contribution in [0.2, 0.25) is 0 Å². The fraction of sp³-hybridized carbons (Fsp3) is 0.333. The molecule has 35 heavy (non-hydrogen) atoms. The SMILES string of the molecule is CCN(Cc1ccccc1)C(=O)CCCCCN1C(=O)C(=Cc2ccc(C(=O)OC)cc2)SC1=S. The third kappa shape index (κ3) is 7.50. The number of unbranched alkanes of at least 4 members (excludes halogenated alkanes) is 2. The summed E-state index contributed by atoms with van der Waals surface area (Å²) >= 11 is 6.70. The van der Waals surface area contributed by atoms with Crippen molar-refractivity contribution >= 4 is 52.2 Å². The minimum absolute atomic E-state index is 0.104. The largest absolute Gasteiger partial charge is 0.465 e. The summed E-state index contributed by atoms with van der Waals surface area (Å²) in [6.45, 7) is 3.85. The van der Waals surface area contributed by atoms with Crippen molar-refractivity contribution in [3.63, 3.8) is 0 Å². The number of carbonyl (C=O) groups is 3. The first kappa shape index (κ1) is 26.6. The van der Waals surface area contributed by atoms with Gasteiger partial charge in [-0.1, -0.05) is 72.9 Å². The van der Waals surface area contributed by atoms with Crippen LogP contribution in [-0.2, 0) is 20.9 Å². The molecule has 0 atom stereocenters. The topological polar surface area (TPSA) is 66.9 Å². The van der Waals surface area contributed by atoms with Gasteiger partial charge in [0.05, 0.1) is 17.6 Å². The van der Waals surface area contributed by atoms with Gasteiger partial charge in [0.25, 0.3) is 5.91 Å². The minimum Gasteiger partial charge on any atom is -0.465 e. The average molecular weight is 511 g/mol. The number of benzene rings is 2. The first-order valence-corrected chi connectivity index (χ1v) is 12.9. The Hall–Kier alpha value is -2.97. The Bertz CT molecular complexity index is 1080. The van der Waals surface area contributed by atoms with E-state index in [2.05, 4.69) is 0 Å². The highest BCUT2D eigenvalue weighted by Crippen LogP contribution is 2.32. The second-order valence-electron chi connectivity index (χ2n) is 8.15. The van der Waals surface area contributed by atoms with Crippen molar-refractivity contribution in [2.75, 3.05) is 20.2 Å². The number of esters is 1. The van der Waals surface area contributed by atoms with E-state index in [1.54, 1.807) is 35.2 Å². The monoisotopic (exact) mass is 510 g/mol. The molecule has 6 nitrogen and oxygen atoms in total. The molecule has 2 aromatic rings. The maximum Gasteiger partial charge on any atom is 0.337 e. The van der Waals surface area contributed by atoms with E-state index >= 15 is 0 Å². The van der Waals surface area contributed by atoms with Gasteiger partial charge in [-0.2, -0.15) is 0 Å². The normalized spacial score (nSPS) is 14.5. The van der Waals surface area contributed by atoms with Crippen molar-refractivity contribution in [3.05, 3.63) is 76.2 Å². The van der Waals surface area contributed by atoms with Gasteiger partial charge in [-0.15, -0.1) is 0 Å². The van der Waals surface area contributed by atoms with E-state index in [4.69, 9.17) is 17.0 Å². The van der Waals surface area contributed by atoms with E-state index in [0.717, 1.165) is 30.4 Å². The number of hydrogen-bond donors (Lipinski definition) is 0. The van der Waals surface area contributed by atoms with E-state index in [1.165, 1.54) is 18.9 Å². The molecule has 0 radical (unpaired) electrons. The number of carbonyl (C=O) groups excluding carboxylic acids is 3. The Kier molecular flexibility index (Phi) is 10.0. The minimum atomic E-state index is -0.400. The molecule has 0 unspecified atom stereocenters. The van der Waals surface area contributed by atoms with Crippen molar-refractivity contribution in [1.29, 1.82) is 0 Å². The number of methoxy groups -OCH3 is 1. The third-order valence-electron chi connectivity index (χ3n) is 5.73. The molecular weight excluding hydrogens is 480 g/mol. The summed E-state index contributed by atoms with van der Waals surface area (Å²) in [7, 11) is 1.34. The molecule has 0 aliphatic carbocycles. The smallest absolute Gasteiger partial charge is 0.337 e. The fourth-order valence-electron chi connectivity index (χ4n) is 3.74. The van der Waals surface area contributed by atoms with Gasteiger partial charge in [-0.3, -0.25) is 14.5 Å². The quantitative estimate of drug-likeness (QED) is 0.177. The number of ether oxygens (including phenoxy) is 1. The predicted molar refractivity (Wildman–Crippen MR) is 144 cm³/mol. The molecule has 1 saturated heterocycles. The van der Waals surface area contributed by atoms with Gasteiger partial charge in [0.15, 0.2) is 0 Å². The maximum absolute atomic E-state index is 12.8. The Morgan fingerprint density at radius 3 is 2.43 bits per heavy atom. The molecule has 1 fully saturated rings. The molecule has 3 rings (SSSR count). The van der Waals surface area contributed by atoms with Crippen LogP contribution in [0.25, 0.3) is 6.08 Å². The second-order valence-corrected chi connectivity index (χ2v) is 9.83. The van der Waals surface area contributed by atoms with Gasteiger partial charge in [-0.05, 0) is 49.1 Å². The molecule has 0 spiro atoms. The third-order valence-corrected chi connectivity index (χ3v) is 7.10. The van der Waals surface area contributed by atoms with Crippen LogP contribution in [-0.4, -0.2) is 52.1 Å². The van der Waals surface area contributed by atoms with Gasteiger partial charge < -0.3 is 9.64 Å². The summed E-state index contributed by atoms with van der Waals surface area (Å²) in [5.74, 6) is -0.348. The first-order chi connectivity index (χ1) is 16.9. The van der Waals surface area contributed by atoms with Crippen molar-refractivity contribution in [1.82, 2.24) is 9.80 Å². The van der Waals surface area contributed by atoms with Crippen LogP contribution >= 0.6 is 24.0 Å². The van der Waals surface area contributed by atoms with Crippen molar-refractivity contribution in [3.8, 4) is 0 Å². The van der Waals surface area contributed by atoms with E-state index < -0.39 is 5.97 Å². The van der Waals surface area contributed by atoms with Crippen LogP contribution in [0.3, 0.4) is 0 Å². The summed E-state index contributed by atoms with van der Waals surface area (Å²) < 4.78 is 5.25. The van der Waals surface area contributed by atoms with Crippen LogP contribution in [0.1, 0.15) is 54.1 Å². The highest BCUT2D eigenvalue weighted by atomic mass is 32.2. The molecular formula is C27H30N2O4S2. The predicted octanol–water partition coefficient (Wildman–Crippen LogP) is 5.28. The van der Waals surface area contributed by atoms with Crippen molar-refractivity contribution in [2.24, 2.45) is 0 Å². The van der Waals surface area contributed by atoms with Crippen LogP contribution in [0.5, 0.6) is 0 Å². The summed E-state index contributed by atoms with van der Waals surface area (Å²) in [5.41, 5.74) is 2.40. The molecule has 2 aromatic carbocycles. The standard InChI is InChI=1S/C27H30N2O4S2/c1-3-28(19-21-10-6-4-7-11-21)24(30)12-8-5-9-17-29-25(31)23(35-27(29)34)18-20-13-15-22(16-14-20)26(32)33-2/h4,6-7,10-11,13-16,18H,3,5,8-9,12,17,19H2,1-2H3. The second kappa shape index (κ2) is 13.2. The number of amides is 2. The molecule has 0 saturated carbocycles. The highest BCUT2D eigenvalue weighted by molar-refractivity contribution is 8.26. The van der Waals surface area contributed by atoms with E-state index in [9.17, 15) is 14.4 Å². The lowest BCUT2D eigenvalue weighted by atomic mass is 10.1. The summed E-state index contributed by atoms with van der Waals surface area (Å²) in [6.07, 6.45) is 4.69. The van der Waals surface area contributed by atoms with Crippen LogP contribution in [0.15, 0.2) is 59.5 Å². The van der Waals surface area contributed by atoms with Gasteiger partial charge in [0.1, 0.15) is 4.32 Å². The van der Waals surface area contributed by atoms with E-state index in [0.29, 0.717) is 40.8 Å². The van der Waals surface area contributed by atoms with E-state index in [1.807, 2.05) is 42.2 Å². The Labute approximate surface area is 216 Å². The van der Waals surface area contributed by atoms with Gasteiger partial charge in [0.2, 0.25) is 5.91 Å². The van der Waals surface area contributed by atoms with Gasteiger partial charge in [0, 0.05) is 26.1 Å². The molecule has 0 bridgehead atoms. The average Bonchev–Trinajstić information content (AvgIpc) is 3.14. The fourth-order valence-corrected chi connectivity index (χ4v) is 5.05. The lowest BCUT2D eigenvalue weighted by molar-refractivity contribution is -0.131. The van der Waals surface area contributed by atoms with Crippen LogP contribution in [0, 0.1) is 0 Å².